The number of nitrogens with zero attached hydrogens (tertiary/aromatic N) is 3. The fourth-order valence-electron chi connectivity index (χ4n) is 3.60. The van der Waals surface area contributed by atoms with Crippen molar-refractivity contribution in [1.29, 1.82) is 0 Å². The number of carbonyl (C=O) groups is 2. The minimum atomic E-state index is -0.768. The molecule has 8 nitrogen and oxygen atoms in total. The van der Waals surface area contributed by atoms with Crippen molar-refractivity contribution >= 4 is 23.8 Å². The molecule has 2 aromatic rings. The van der Waals surface area contributed by atoms with Gasteiger partial charge in [-0.3, -0.25) is 4.79 Å². The highest BCUT2D eigenvalue weighted by Crippen LogP contribution is 2.27. The number of likely N-dealkylation sites (N-methyl/N-ethyl adjacent to an activating group) is 1. The van der Waals surface area contributed by atoms with Crippen LogP contribution in [-0.4, -0.2) is 47.9 Å². The number of aryl methyl sites for hydroxylation is 1. The molecule has 4 N–H and O–H groups in total. The van der Waals surface area contributed by atoms with Crippen LogP contribution in [0.3, 0.4) is 0 Å². The normalized spacial score (nSPS) is 16.2. The lowest BCUT2D eigenvalue weighted by Crippen LogP contribution is -2.46. The molecular formula is C27H30FN5O3. The number of aliphatic imine (C=N–C) groups is 1. The van der Waals surface area contributed by atoms with E-state index in [1.54, 1.807) is 19.2 Å². The third-order valence-corrected chi connectivity index (χ3v) is 5.81. The number of aromatic nitrogens is 1. The van der Waals surface area contributed by atoms with Gasteiger partial charge in [0.1, 0.15) is 6.04 Å². The van der Waals surface area contributed by atoms with Gasteiger partial charge in [0, 0.05) is 48.1 Å². The molecule has 188 valence electrons. The SMILES string of the molecule is CN1C(=O)[C@@H](NC(=O)N=CC(=CN)Cc2cccnc2F)CCc2ccc(C#CC(C)(C)CO)cc21. The number of carbonyl (C=O) groups excluding carboxylic acids is 2. The number of hydrogen-bond donors (Lipinski definition) is 3. The van der Waals surface area contributed by atoms with E-state index in [9.17, 15) is 19.1 Å². The van der Waals surface area contributed by atoms with Crippen LogP contribution in [-0.2, 0) is 17.6 Å². The molecule has 1 aliphatic rings. The van der Waals surface area contributed by atoms with Gasteiger partial charge in [0.2, 0.25) is 11.9 Å². The number of aliphatic hydroxyl groups excluding tert-OH is 1. The van der Waals surface area contributed by atoms with Crippen molar-refractivity contribution in [3.63, 3.8) is 0 Å². The molecule has 0 unspecified atom stereocenters. The Morgan fingerprint density at radius 2 is 2.19 bits per heavy atom. The van der Waals surface area contributed by atoms with Crippen LogP contribution in [0.1, 0.15) is 37.0 Å². The Kier molecular flexibility index (Phi) is 8.56. The minimum Gasteiger partial charge on any atom is -0.404 e. The van der Waals surface area contributed by atoms with E-state index < -0.39 is 23.4 Å². The molecule has 0 saturated heterocycles. The number of amides is 3. The Morgan fingerprint density at radius 3 is 2.89 bits per heavy atom. The molecule has 0 radical (unpaired) electrons. The highest BCUT2D eigenvalue weighted by atomic mass is 19.1. The van der Waals surface area contributed by atoms with Crippen LogP contribution >= 0.6 is 0 Å². The maximum atomic E-state index is 13.8. The number of nitrogens with one attached hydrogen (secondary N) is 1. The van der Waals surface area contributed by atoms with Crippen molar-refractivity contribution in [3.05, 3.63) is 70.9 Å². The Morgan fingerprint density at radius 1 is 1.42 bits per heavy atom. The van der Waals surface area contributed by atoms with Gasteiger partial charge in [0.25, 0.3) is 0 Å². The average Bonchev–Trinajstić information content (AvgIpc) is 2.98. The molecule has 3 amide bonds. The second-order valence-electron chi connectivity index (χ2n) is 9.20. The number of benzene rings is 1. The van der Waals surface area contributed by atoms with Crippen molar-refractivity contribution in [2.24, 2.45) is 16.1 Å². The molecule has 0 fully saturated rings. The smallest absolute Gasteiger partial charge is 0.341 e. The summed E-state index contributed by atoms with van der Waals surface area (Å²) in [5, 5.41) is 12.1. The molecular weight excluding hydrogens is 461 g/mol. The van der Waals surface area contributed by atoms with Crippen molar-refractivity contribution in [1.82, 2.24) is 10.3 Å². The number of aliphatic hydroxyl groups is 1. The topological polar surface area (TPSA) is 121 Å². The van der Waals surface area contributed by atoms with Gasteiger partial charge in [-0.15, -0.1) is 0 Å². The Hall–Kier alpha value is -4.03. The summed E-state index contributed by atoms with van der Waals surface area (Å²) in [6.07, 6.45) is 4.93. The van der Waals surface area contributed by atoms with Gasteiger partial charge in [-0.05, 0) is 62.2 Å². The van der Waals surface area contributed by atoms with E-state index in [4.69, 9.17) is 5.73 Å². The summed E-state index contributed by atoms with van der Waals surface area (Å²) >= 11 is 0. The predicted octanol–water partition coefficient (Wildman–Crippen LogP) is 2.73. The molecule has 36 heavy (non-hydrogen) atoms. The standard InChI is InChI=1S/C27H30FN5O3/c1-27(2,17-34)11-10-18-6-7-20-8-9-22(25(35)33(3)23(20)14-18)32-26(36)31-16-19(15-29)13-21-5-4-12-30-24(21)28/h4-7,12,14-16,22,34H,8-9,13,17,29H2,1-3H3,(H,32,36)/t22-/m0/s1. The van der Waals surface area contributed by atoms with Crippen LogP contribution in [0.25, 0.3) is 0 Å². The van der Waals surface area contributed by atoms with E-state index in [0.29, 0.717) is 24.0 Å². The van der Waals surface area contributed by atoms with Crippen LogP contribution in [0.15, 0.2) is 53.3 Å². The first-order valence-corrected chi connectivity index (χ1v) is 11.5. The van der Waals surface area contributed by atoms with Crippen molar-refractivity contribution in [3.8, 4) is 11.8 Å². The monoisotopic (exact) mass is 491 g/mol. The van der Waals surface area contributed by atoms with Crippen LogP contribution in [0.5, 0.6) is 0 Å². The summed E-state index contributed by atoms with van der Waals surface area (Å²) in [4.78, 5) is 34.5. The van der Waals surface area contributed by atoms with Gasteiger partial charge in [-0.1, -0.05) is 24.0 Å². The zero-order valence-electron chi connectivity index (χ0n) is 20.6. The second kappa shape index (κ2) is 11.6. The highest BCUT2D eigenvalue weighted by molar-refractivity contribution is 6.01. The number of hydrogen-bond acceptors (Lipinski definition) is 5. The van der Waals surface area contributed by atoms with Crippen LogP contribution < -0.4 is 16.0 Å². The zero-order chi connectivity index (χ0) is 26.3. The van der Waals surface area contributed by atoms with Gasteiger partial charge in [0.15, 0.2) is 0 Å². The van der Waals surface area contributed by atoms with Crippen LogP contribution in [0, 0.1) is 23.2 Å². The number of rotatable bonds is 5. The Bertz CT molecular complexity index is 1260. The minimum absolute atomic E-state index is 0.0594. The predicted molar refractivity (Wildman–Crippen MR) is 137 cm³/mol. The van der Waals surface area contributed by atoms with E-state index in [2.05, 4.69) is 27.1 Å². The first-order valence-electron chi connectivity index (χ1n) is 11.5. The summed E-state index contributed by atoms with van der Waals surface area (Å²) in [5.74, 6) is 5.21. The first-order chi connectivity index (χ1) is 17.1. The number of fused-ring (bicyclic) bond motifs is 1. The summed E-state index contributed by atoms with van der Waals surface area (Å²) < 4.78 is 13.8. The summed E-state index contributed by atoms with van der Waals surface area (Å²) in [5.41, 5.74) is 8.23. The zero-order valence-corrected chi connectivity index (χ0v) is 20.6. The van der Waals surface area contributed by atoms with Gasteiger partial charge in [-0.25, -0.2) is 14.8 Å². The van der Waals surface area contributed by atoms with Gasteiger partial charge < -0.3 is 21.1 Å². The van der Waals surface area contributed by atoms with Gasteiger partial charge in [0.05, 0.1) is 6.61 Å². The quantitative estimate of drug-likeness (QED) is 0.337. The number of halogens is 1. The summed E-state index contributed by atoms with van der Waals surface area (Å²) in [6, 6.07) is 7.36. The maximum absolute atomic E-state index is 13.8. The number of nitrogens with two attached hydrogens (primary N) is 1. The Labute approximate surface area is 210 Å². The molecule has 1 aliphatic heterocycles. The maximum Gasteiger partial charge on any atom is 0.341 e. The largest absolute Gasteiger partial charge is 0.404 e. The van der Waals surface area contributed by atoms with Crippen molar-refractivity contribution in [2.75, 3.05) is 18.6 Å². The van der Waals surface area contributed by atoms with Gasteiger partial charge in [-0.2, -0.15) is 4.39 Å². The lowest BCUT2D eigenvalue weighted by atomic mass is 9.95. The molecule has 3 rings (SSSR count). The molecule has 0 saturated carbocycles. The third kappa shape index (κ3) is 6.77. The Balaban J connectivity index is 1.68. The third-order valence-electron chi connectivity index (χ3n) is 5.81. The molecule has 9 heteroatoms. The molecule has 2 heterocycles. The number of anilines is 1. The van der Waals surface area contributed by atoms with Crippen LogP contribution in [0.2, 0.25) is 0 Å². The lowest BCUT2D eigenvalue weighted by Gasteiger charge is -2.21. The fraction of sp³-hybridized carbons (Fsp3) is 0.333. The highest BCUT2D eigenvalue weighted by Gasteiger charge is 2.29. The molecule has 1 atom stereocenters. The number of pyridine rings is 1. The number of urea groups is 1. The van der Waals surface area contributed by atoms with Crippen molar-refractivity contribution < 1.29 is 19.1 Å². The molecule has 1 aromatic heterocycles. The summed E-state index contributed by atoms with van der Waals surface area (Å²) in [6.45, 7) is 3.63. The van der Waals surface area contributed by atoms with E-state index in [0.717, 1.165) is 16.8 Å². The molecule has 1 aromatic carbocycles. The van der Waals surface area contributed by atoms with Gasteiger partial charge >= 0.3 is 6.03 Å². The molecule has 0 spiro atoms. The van der Waals surface area contributed by atoms with E-state index in [-0.39, 0.29) is 18.9 Å². The number of allylic oxidation sites excluding steroid dienone is 1. The molecule has 0 bridgehead atoms. The second-order valence-corrected chi connectivity index (χ2v) is 9.20. The first kappa shape index (κ1) is 26.6. The molecule has 0 aliphatic carbocycles. The van der Waals surface area contributed by atoms with Crippen molar-refractivity contribution in [2.45, 2.75) is 39.2 Å². The van der Waals surface area contributed by atoms with E-state index >= 15 is 0 Å². The summed E-state index contributed by atoms with van der Waals surface area (Å²) in [7, 11) is 1.65. The van der Waals surface area contributed by atoms with E-state index in [1.165, 1.54) is 23.5 Å². The van der Waals surface area contributed by atoms with E-state index in [1.807, 2.05) is 32.0 Å². The average molecular weight is 492 g/mol. The fourth-order valence-corrected chi connectivity index (χ4v) is 3.60. The van der Waals surface area contributed by atoms with Crippen LogP contribution in [0.4, 0.5) is 14.9 Å². The lowest BCUT2D eigenvalue weighted by molar-refractivity contribution is -0.120.